The van der Waals surface area contributed by atoms with Crippen molar-refractivity contribution in [3.8, 4) is 11.4 Å². The van der Waals surface area contributed by atoms with Gasteiger partial charge < -0.3 is 10.1 Å². The minimum absolute atomic E-state index is 0.0877. The van der Waals surface area contributed by atoms with Gasteiger partial charge in [0.05, 0.1) is 7.11 Å². The van der Waals surface area contributed by atoms with Crippen LogP contribution < -0.4 is 10.1 Å². The molecule has 0 aliphatic rings. The van der Waals surface area contributed by atoms with E-state index < -0.39 is 0 Å². The van der Waals surface area contributed by atoms with E-state index in [1.165, 1.54) is 17.8 Å². The molecule has 0 saturated carbocycles. The summed E-state index contributed by atoms with van der Waals surface area (Å²) in [6, 6.07) is 22.3. The number of amides is 1. The molecule has 4 aromatic rings. The van der Waals surface area contributed by atoms with Crippen LogP contribution in [0.2, 0.25) is 0 Å². The van der Waals surface area contributed by atoms with Crippen molar-refractivity contribution in [2.24, 2.45) is 0 Å². The standard InChI is InChI=1S/C27H27FN4O2S/c1-19-8-7-11-22(16-19)32-25(30-31-27(32)35-18-21-10-3-5-12-23(21)28)14-15-26(33)29-17-20-9-4-6-13-24(20)34-2/h3-13,16H,14-15,17-18H2,1-2H3,(H,29,33). The van der Waals surface area contributed by atoms with Gasteiger partial charge in [0.1, 0.15) is 17.4 Å². The number of benzene rings is 3. The zero-order chi connectivity index (χ0) is 24.6. The Morgan fingerprint density at radius 3 is 2.57 bits per heavy atom. The van der Waals surface area contributed by atoms with Crippen molar-refractivity contribution < 1.29 is 13.9 Å². The van der Waals surface area contributed by atoms with E-state index in [-0.39, 0.29) is 18.1 Å². The summed E-state index contributed by atoms with van der Waals surface area (Å²) in [4.78, 5) is 12.6. The van der Waals surface area contributed by atoms with E-state index >= 15 is 0 Å². The van der Waals surface area contributed by atoms with Gasteiger partial charge in [-0.1, -0.05) is 60.3 Å². The molecule has 0 fully saturated rings. The maximum atomic E-state index is 14.1. The molecule has 0 unspecified atom stereocenters. The molecule has 6 nitrogen and oxygen atoms in total. The second-order valence-electron chi connectivity index (χ2n) is 8.04. The molecule has 0 bridgehead atoms. The second kappa shape index (κ2) is 11.7. The highest BCUT2D eigenvalue weighted by atomic mass is 32.2. The minimum atomic E-state index is -0.242. The van der Waals surface area contributed by atoms with Crippen LogP contribution in [0.15, 0.2) is 78.0 Å². The van der Waals surface area contributed by atoms with Gasteiger partial charge in [-0.3, -0.25) is 9.36 Å². The quantitative estimate of drug-likeness (QED) is 0.307. The zero-order valence-corrected chi connectivity index (χ0v) is 20.5. The summed E-state index contributed by atoms with van der Waals surface area (Å²) in [5.74, 6) is 1.52. The third-order valence-electron chi connectivity index (χ3n) is 5.52. The maximum absolute atomic E-state index is 14.1. The lowest BCUT2D eigenvalue weighted by atomic mass is 10.2. The molecule has 1 heterocycles. The van der Waals surface area contributed by atoms with Crippen LogP contribution in [0.4, 0.5) is 4.39 Å². The highest BCUT2D eigenvalue weighted by Gasteiger charge is 2.17. The van der Waals surface area contributed by atoms with Crippen LogP contribution in [0.3, 0.4) is 0 Å². The number of aromatic nitrogens is 3. The number of thioether (sulfide) groups is 1. The average Bonchev–Trinajstić information content (AvgIpc) is 3.28. The zero-order valence-electron chi connectivity index (χ0n) is 19.7. The van der Waals surface area contributed by atoms with Crippen LogP contribution in [0.5, 0.6) is 5.75 Å². The molecular weight excluding hydrogens is 463 g/mol. The molecule has 0 radical (unpaired) electrons. The topological polar surface area (TPSA) is 69.0 Å². The van der Waals surface area contributed by atoms with E-state index in [4.69, 9.17) is 4.74 Å². The van der Waals surface area contributed by atoms with Gasteiger partial charge in [0, 0.05) is 36.4 Å². The molecule has 1 amide bonds. The van der Waals surface area contributed by atoms with Crippen molar-refractivity contribution in [2.75, 3.05) is 7.11 Å². The summed E-state index contributed by atoms with van der Waals surface area (Å²) >= 11 is 1.42. The van der Waals surface area contributed by atoms with Crippen LogP contribution in [0.25, 0.3) is 5.69 Å². The molecule has 180 valence electrons. The van der Waals surface area contributed by atoms with Gasteiger partial charge in [0.2, 0.25) is 5.91 Å². The minimum Gasteiger partial charge on any atom is -0.496 e. The largest absolute Gasteiger partial charge is 0.496 e. The molecule has 1 aromatic heterocycles. The molecule has 0 aliphatic carbocycles. The fourth-order valence-corrected chi connectivity index (χ4v) is 4.65. The Morgan fingerprint density at radius 2 is 1.80 bits per heavy atom. The van der Waals surface area contributed by atoms with Crippen LogP contribution in [0, 0.1) is 12.7 Å². The predicted molar refractivity (Wildman–Crippen MR) is 135 cm³/mol. The Kier molecular flexibility index (Phi) is 8.15. The molecule has 3 aromatic carbocycles. The van der Waals surface area contributed by atoms with Gasteiger partial charge in [0.25, 0.3) is 0 Å². The highest BCUT2D eigenvalue weighted by molar-refractivity contribution is 7.98. The maximum Gasteiger partial charge on any atom is 0.220 e. The molecule has 0 spiro atoms. The lowest BCUT2D eigenvalue weighted by Gasteiger charge is -2.12. The molecular formula is C27H27FN4O2S. The van der Waals surface area contributed by atoms with Crippen LogP contribution >= 0.6 is 11.8 Å². The number of nitrogens with zero attached hydrogens (tertiary/aromatic N) is 3. The fraction of sp³-hybridized carbons (Fsp3) is 0.222. The van der Waals surface area contributed by atoms with Crippen molar-refractivity contribution in [1.82, 2.24) is 20.1 Å². The van der Waals surface area contributed by atoms with E-state index in [1.54, 1.807) is 19.2 Å². The number of nitrogens with one attached hydrogen (secondary N) is 1. The average molecular weight is 491 g/mol. The molecule has 0 atom stereocenters. The van der Waals surface area contributed by atoms with Crippen molar-refractivity contribution in [3.05, 3.63) is 101 Å². The highest BCUT2D eigenvalue weighted by Crippen LogP contribution is 2.27. The van der Waals surface area contributed by atoms with E-state index in [1.807, 2.05) is 66.1 Å². The summed E-state index contributed by atoms with van der Waals surface area (Å²) in [6.45, 7) is 2.40. The summed E-state index contributed by atoms with van der Waals surface area (Å²) < 4.78 is 21.4. The molecule has 0 aliphatic heterocycles. The van der Waals surface area contributed by atoms with Gasteiger partial charge >= 0.3 is 0 Å². The van der Waals surface area contributed by atoms with Gasteiger partial charge in [-0.05, 0) is 42.3 Å². The first kappa shape index (κ1) is 24.5. The summed E-state index contributed by atoms with van der Waals surface area (Å²) in [5, 5.41) is 12.3. The number of carbonyl (C=O) groups is 1. The number of para-hydroxylation sites is 1. The van der Waals surface area contributed by atoms with E-state index in [0.29, 0.717) is 35.3 Å². The van der Waals surface area contributed by atoms with Crippen molar-refractivity contribution in [1.29, 1.82) is 0 Å². The van der Waals surface area contributed by atoms with Gasteiger partial charge in [0.15, 0.2) is 5.16 Å². The van der Waals surface area contributed by atoms with Crippen LogP contribution in [-0.4, -0.2) is 27.8 Å². The lowest BCUT2D eigenvalue weighted by Crippen LogP contribution is -2.23. The number of methoxy groups -OCH3 is 1. The number of carbonyl (C=O) groups excluding carboxylic acids is 1. The van der Waals surface area contributed by atoms with Gasteiger partial charge in [-0.25, -0.2) is 4.39 Å². The van der Waals surface area contributed by atoms with Crippen LogP contribution in [0.1, 0.15) is 28.9 Å². The SMILES string of the molecule is COc1ccccc1CNC(=O)CCc1nnc(SCc2ccccc2F)n1-c1cccc(C)c1. The third-order valence-corrected chi connectivity index (χ3v) is 6.50. The van der Waals surface area contributed by atoms with Gasteiger partial charge in [-0.15, -0.1) is 10.2 Å². The monoisotopic (exact) mass is 490 g/mol. The van der Waals surface area contributed by atoms with Gasteiger partial charge in [-0.2, -0.15) is 0 Å². The van der Waals surface area contributed by atoms with Crippen molar-refractivity contribution in [3.63, 3.8) is 0 Å². The van der Waals surface area contributed by atoms with E-state index in [0.717, 1.165) is 22.6 Å². The lowest BCUT2D eigenvalue weighted by molar-refractivity contribution is -0.121. The summed E-state index contributed by atoms with van der Waals surface area (Å²) in [6.07, 6.45) is 0.677. The first-order valence-electron chi connectivity index (χ1n) is 11.3. The Labute approximate surface area is 208 Å². The van der Waals surface area contributed by atoms with E-state index in [2.05, 4.69) is 15.5 Å². The fourth-order valence-electron chi connectivity index (χ4n) is 3.70. The smallest absolute Gasteiger partial charge is 0.220 e. The third kappa shape index (κ3) is 6.27. The van der Waals surface area contributed by atoms with Crippen molar-refractivity contribution >= 4 is 17.7 Å². The number of hydrogen-bond acceptors (Lipinski definition) is 5. The predicted octanol–water partition coefficient (Wildman–Crippen LogP) is 5.26. The number of rotatable bonds is 10. The summed E-state index contributed by atoms with van der Waals surface area (Å²) in [7, 11) is 1.61. The number of ether oxygens (including phenoxy) is 1. The normalized spacial score (nSPS) is 10.8. The van der Waals surface area contributed by atoms with Crippen molar-refractivity contribution in [2.45, 2.75) is 37.2 Å². The Balaban J connectivity index is 1.47. The molecule has 4 rings (SSSR count). The first-order chi connectivity index (χ1) is 17.0. The van der Waals surface area contributed by atoms with E-state index in [9.17, 15) is 9.18 Å². The molecule has 35 heavy (non-hydrogen) atoms. The second-order valence-corrected chi connectivity index (χ2v) is 8.98. The Bertz CT molecular complexity index is 1310. The number of hydrogen-bond donors (Lipinski definition) is 1. The molecule has 1 N–H and O–H groups in total. The first-order valence-corrected chi connectivity index (χ1v) is 12.3. The number of aryl methyl sites for hydroxylation is 2. The molecule has 8 heteroatoms. The number of halogens is 1. The van der Waals surface area contributed by atoms with Crippen LogP contribution in [-0.2, 0) is 23.5 Å². The Morgan fingerprint density at radius 1 is 1.03 bits per heavy atom. The summed E-state index contributed by atoms with van der Waals surface area (Å²) in [5.41, 5.74) is 3.53. The molecule has 0 saturated heterocycles. The Hall–Kier alpha value is -3.65.